The van der Waals surface area contributed by atoms with Gasteiger partial charge in [0.25, 0.3) is 0 Å². The first-order chi connectivity index (χ1) is 17.3. The van der Waals surface area contributed by atoms with Crippen molar-refractivity contribution in [1.29, 1.82) is 0 Å². The van der Waals surface area contributed by atoms with Crippen LogP contribution >= 0.6 is 0 Å². The summed E-state index contributed by atoms with van der Waals surface area (Å²) in [6.07, 6.45) is 7.08. The summed E-state index contributed by atoms with van der Waals surface area (Å²) in [5, 5.41) is 4.48. The molecule has 6 nitrogen and oxygen atoms in total. The van der Waals surface area contributed by atoms with E-state index in [9.17, 15) is 8.78 Å². The highest BCUT2D eigenvalue weighted by atomic mass is 19.1. The third-order valence-electron chi connectivity index (χ3n) is 6.76. The van der Waals surface area contributed by atoms with E-state index in [1.165, 1.54) is 12.1 Å². The number of fused-ring (bicyclic) bond motifs is 1. The van der Waals surface area contributed by atoms with Crippen LogP contribution in [0.2, 0.25) is 0 Å². The SMILES string of the molecule is COc1cc(/C=C2\CCCN3C2=NOC(c2cc(F)cc(F)c2)[C@@H]3C(C)C)ccc1-n1cnc(C)c1. The first-order valence-electron chi connectivity index (χ1n) is 12.2. The van der Waals surface area contributed by atoms with Crippen molar-refractivity contribution < 1.29 is 18.4 Å². The van der Waals surface area contributed by atoms with Gasteiger partial charge in [0.1, 0.15) is 17.4 Å². The average Bonchev–Trinajstić information content (AvgIpc) is 3.28. The maximum Gasteiger partial charge on any atom is 0.173 e. The van der Waals surface area contributed by atoms with Gasteiger partial charge in [-0.2, -0.15) is 0 Å². The van der Waals surface area contributed by atoms with Crippen molar-refractivity contribution in [3.63, 3.8) is 0 Å². The van der Waals surface area contributed by atoms with Gasteiger partial charge in [-0.1, -0.05) is 25.1 Å². The molecule has 36 heavy (non-hydrogen) atoms. The number of nitrogens with zero attached hydrogens (tertiary/aromatic N) is 4. The highest BCUT2D eigenvalue weighted by Gasteiger charge is 2.41. The molecule has 1 aromatic heterocycles. The normalized spacial score (nSPS) is 20.8. The quantitative estimate of drug-likeness (QED) is 0.435. The van der Waals surface area contributed by atoms with E-state index in [0.717, 1.165) is 59.6 Å². The zero-order chi connectivity index (χ0) is 25.4. The molecule has 0 aliphatic carbocycles. The van der Waals surface area contributed by atoms with E-state index < -0.39 is 17.7 Å². The molecule has 3 aromatic rings. The van der Waals surface area contributed by atoms with Crippen molar-refractivity contribution in [1.82, 2.24) is 14.5 Å². The fourth-order valence-corrected chi connectivity index (χ4v) is 5.17. The predicted octanol–water partition coefficient (Wildman–Crippen LogP) is 6.06. The molecular formula is C28H30F2N4O2. The summed E-state index contributed by atoms with van der Waals surface area (Å²) in [6, 6.07) is 9.49. The van der Waals surface area contributed by atoms with Gasteiger partial charge in [-0.15, -0.1) is 0 Å². The van der Waals surface area contributed by atoms with Crippen LogP contribution in [0.4, 0.5) is 8.78 Å². The molecule has 0 radical (unpaired) electrons. The zero-order valence-corrected chi connectivity index (χ0v) is 20.9. The summed E-state index contributed by atoms with van der Waals surface area (Å²) in [7, 11) is 1.66. The summed E-state index contributed by atoms with van der Waals surface area (Å²) >= 11 is 0. The third kappa shape index (κ3) is 4.59. The van der Waals surface area contributed by atoms with Gasteiger partial charge in [-0.25, -0.2) is 13.8 Å². The third-order valence-corrected chi connectivity index (χ3v) is 6.76. The second kappa shape index (κ2) is 9.76. The topological polar surface area (TPSA) is 51.9 Å². The minimum Gasteiger partial charge on any atom is -0.495 e. The molecular weight excluding hydrogens is 462 g/mol. The fourth-order valence-electron chi connectivity index (χ4n) is 5.17. The van der Waals surface area contributed by atoms with Crippen LogP contribution in [0.5, 0.6) is 5.75 Å². The second-order valence-electron chi connectivity index (χ2n) is 9.70. The van der Waals surface area contributed by atoms with Crippen LogP contribution in [0, 0.1) is 24.5 Å². The number of hydrogen-bond acceptors (Lipinski definition) is 5. The van der Waals surface area contributed by atoms with E-state index >= 15 is 0 Å². The van der Waals surface area contributed by atoms with Crippen LogP contribution in [-0.2, 0) is 4.84 Å². The molecule has 2 aliphatic heterocycles. The lowest BCUT2D eigenvalue weighted by atomic mass is 9.88. The van der Waals surface area contributed by atoms with Gasteiger partial charge in [-0.3, -0.25) is 0 Å². The van der Waals surface area contributed by atoms with Crippen molar-refractivity contribution in [2.75, 3.05) is 13.7 Å². The van der Waals surface area contributed by atoms with Crippen molar-refractivity contribution >= 4 is 11.9 Å². The molecule has 1 fully saturated rings. The molecule has 8 heteroatoms. The molecule has 1 saturated heterocycles. The minimum atomic E-state index is -0.617. The molecule has 1 unspecified atom stereocenters. The maximum atomic E-state index is 14.0. The molecule has 0 amide bonds. The molecule has 0 spiro atoms. The molecule has 0 saturated carbocycles. The Labute approximate surface area is 209 Å². The Kier molecular flexibility index (Phi) is 6.51. The number of aryl methyl sites for hydroxylation is 1. The number of benzene rings is 2. The highest BCUT2D eigenvalue weighted by molar-refractivity contribution is 6.03. The van der Waals surface area contributed by atoms with Crippen LogP contribution in [0.1, 0.15) is 49.6 Å². The number of hydrogen-bond donors (Lipinski definition) is 0. The summed E-state index contributed by atoms with van der Waals surface area (Å²) in [5.41, 5.74) is 4.35. The standard InChI is InChI=1S/C28H30F2N4O2/c1-17(2)26-27(21-12-22(29)14-23(30)13-21)36-32-28-20(6-5-9-34(26)28)10-19-7-8-24(25(11-19)35-4)33-15-18(3)31-16-33/h7-8,10-17,26-27H,5-6,9H2,1-4H3/b20-10+/t26-,27?/m0/s1. The van der Waals surface area contributed by atoms with Gasteiger partial charge in [0.05, 0.1) is 30.9 Å². The van der Waals surface area contributed by atoms with E-state index in [1.54, 1.807) is 13.4 Å². The van der Waals surface area contributed by atoms with Gasteiger partial charge in [0.15, 0.2) is 11.9 Å². The van der Waals surface area contributed by atoms with Gasteiger partial charge in [-0.05, 0) is 67.2 Å². The van der Waals surface area contributed by atoms with Crippen LogP contribution in [0.15, 0.2) is 59.7 Å². The Morgan fingerprint density at radius 2 is 1.92 bits per heavy atom. The summed E-state index contributed by atoms with van der Waals surface area (Å²) in [4.78, 5) is 12.5. The Morgan fingerprint density at radius 1 is 1.14 bits per heavy atom. The predicted molar refractivity (Wildman–Crippen MR) is 135 cm³/mol. The molecule has 2 atom stereocenters. The number of aromatic nitrogens is 2. The second-order valence-corrected chi connectivity index (χ2v) is 9.70. The summed E-state index contributed by atoms with van der Waals surface area (Å²) in [6.45, 7) is 6.94. The smallest absolute Gasteiger partial charge is 0.173 e. The van der Waals surface area contributed by atoms with Gasteiger partial charge < -0.3 is 19.0 Å². The number of ether oxygens (including phenoxy) is 1. The van der Waals surface area contributed by atoms with Crippen molar-refractivity contribution in [2.45, 2.75) is 45.8 Å². The van der Waals surface area contributed by atoms with E-state index in [2.05, 4.69) is 35.0 Å². The number of rotatable bonds is 5. The summed E-state index contributed by atoms with van der Waals surface area (Å²) < 4.78 is 35.6. The van der Waals surface area contributed by atoms with E-state index in [-0.39, 0.29) is 12.0 Å². The summed E-state index contributed by atoms with van der Waals surface area (Å²) in [5.74, 6) is 0.455. The number of piperidine rings is 1. The number of halogens is 2. The maximum absolute atomic E-state index is 14.0. The Balaban J connectivity index is 1.49. The Hall–Kier alpha value is -3.68. The first kappa shape index (κ1) is 24.0. The monoisotopic (exact) mass is 492 g/mol. The number of oxime groups is 1. The minimum absolute atomic E-state index is 0.108. The van der Waals surface area contributed by atoms with Gasteiger partial charge >= 0.3 is 0 Å². The average molecular weight is 493 g/mol. The van der Waals surface area contributed by atoms with E-state index in [4.69, 9.17) is 9.57 Å². The molecule has 2 aliphatic rings. The van der Waals surface area contributed by atoms with Crippen molar-refractivity contribution in [2.24, 2.45) is 11.1 Å². The zero-order valence-electron chi connectivity index (χ0n) is 20.9. The Morgan fingerprint density at radius 3 is 2.58 bits per heavy atom. The van der Waals surface area contributed by atoms with Crippen molar-refractivity contribution in [3.05, 3.63) is 83.0 Å². The van der Waals surface area contributed by atoms with Gasteiger partial charge in [0.2, 0.25) is 0 Å². The van der Waals surface area contributed by atoms with Crippen molar-refractivity contribution in [3.8, 4) is 11.4 Å². The van der Waals surface area contributed by atoms with Crippen LogP contribution in [0.3, 0.4) is 0 Å². The fraction of sp³-hybridized carbons (Fsp3) is 0.357. The van der Waals surface area contributed by atoms with E-state index in [0.29, 0.717) is 5.56 Å². The highest BCUT2D eigenvalue weighted by Crippen LogP contribution is 2.38. The first-order valence-corrected chi connectivity index (χ1v) is 12.2. The van der Waals surface area contributed by atoms with Crippen LogP contribution < -0.4 is 4.74 Å². The lowest BCUT2D eigenvalue weighted by Gasteiger charge is -2.45. The molecule has 2 aromatic carbocycles. The van der Waals surface area contributed by atoms with Crippen LogP contribution in [-0.4, -0.2) is 40.0 Å². The lowest BCUT2D eigenvalue weighted by molar-refractivity contribution is -0.0374. The molecule has 0 N–H and O–H groups in total. The number of amidine groups is 1. The number of methoxy groups -OCH3 is 1. The van der Waals surface area contributed by atoms with Gasteiger partial charge in [0, 0.05) is 24.4 Å². The lowest BCUT2D eigenvalue weighted by Crippen LogP contribution is -2.52. The van der Waals surface area contributed by atoms with E-state index in [1.807, 2.05) is 35.9 Å². The number of imidazole rings is 1. The largest absolute Gasteiger partial charge is 0.495 e. The Bertz CT molecular complexity index is 1310. The molecule has 0 bridgehead atoms. The molecule has 188 valence electrons. The molecule has 5 rings (SSSR count). The van der Waals surface area contributed by atoms with Crippen LogP contribution in [0.25, 0.3) is 11.8 Å². The molecule has 3 heterocycles.